The molecule has 3 aromatic rings. The van der Waals surface area contributed by atoms with Crippen molar-refractivity contribution < 1.29 is 9.47 Å². The molecule has 2 saturated heterocycles. The molecule has 41 heavy (non-hydrogen) atoms. The van der Waals surface area contributed by atoms with Crippen LogP contribution in [-0.4, -0.2) is 53.6 Å². The molecule has 6 atom stereocenters. The van der Waals surface area contributed by atoms with Gasteiger partial charge in [-0.15, -0.1) is 0 Å². The maximum absolute atomic E-state index is 6.86. The number of nitrogens with zero attached hydrogens (tertiary/aromatic N) is 3. The van der Waals surface area contributed by atoms with Gasteiger partial charge in [0.15, 0.2) is 11.5 Å². The predicted molar refractivity (Wildman–Crippen MR) is 159 cm³/mol. The van der Waals surface area contributed by atoms with Crippen molar-refractivity contribution in [1.82, 2.24) is 14.8 Å². The van der Waals surface area contributed by atoms with Gasteiger partial charge in [-0.3, -0.25) is 14.8 Å². The van der Waals surface area contributed by atoms with Crippen LogP contribution in [-0.2, 0) is 18.4 Å². The molecule has 6 aliphatic rings. The van der Waals surface area contributed by atoms with Gasteiger partial charge in [0.2, 0.25) is 0 Å². The fraction of sp³-hybridized carbons (Fsp3) is 0.528. The molecule has 0 N–H and O–H groups in total. The Kier molecular flexibility index (Phi) is 5.45. The van der Waals surface area contributed by atoms with Gasteiger partial charge in [-0.25, -0.2) is 0 Å². The molecule has 2 aliphatic heterocycles. The first-order valence-electron chi connectivity index (χ1n) is 16.0. The lowest BCUT2D eigenvalue weighted by molar-refractivity contribution is -0.106. The molecule has 4 aliphatic carbocycles. The molecule has 3 heterocycles. The molecular formula is C36H41N3O2. The van der Waals surface area contributed by atoms with Crippen LogP contribution in [0.1, 0.15) is 55.2 Å². The van der Waals surface area contributed by atoms with E-state index < -0.39 is 0 Å². The topological polar surface area (TPSA) is 37.8 Å². The van der Waals surface area contributed by atoms with E-state index in [0.29, 0.717) is 23.4 Å². The van der Waals surface area contributed by atoms with Crippen molar-refractivity contribution in [2.75, 3.05) is 26.7 Å². The highest BCUT2D eigenvalue weighted by Gasteiger charge is 2.76. The van der Waals surface area contributed by atoms with Crippen molar-refractivity contribution in [2.24, 2.45) is 23.2 Å². The number of benzene rings is 2. The lowest BCUT2D eigenvalue weighted by Gasteiger charge is -2.66. The smallest absolute Gasteiger partial charge is 0.173 e. The number of ether oxygens (including phenoxy) is 2. The average Bonchev–Trinajstić information content (AvgIpc) is 3.71. The first-order valence-corrected chi connectivity index (χ1v) is 16.0. The van der Waals surface area contributed by atoms with Crippen molar-refractivity contribution in [1.29, 1.82) is 0 Å². The molecule has 2 aromatic carbocycles. The molecule has 5 fully saturated rings. The first kappa shape index (κ1) is 24.7. The first-order chi connectivity index (χ1) is 20.2. The molecule has 4 bridgehead atoms. The maximum Gasteiger partial charge on any atom is 0.173 e. The van der Waals surface area contributed by atoms with E-state index in [-0.39, 0.29) is 5.41 Å². The maximum atomic E-state index is 6.86. The Morgan fingerprint density at radius 2 is 1.88 bits per heavy atom. The third-order valence-electron chi connectivity index (χ3n) is 12.3. The van der Waals surface area contributed by atoms with Gasteiger partial charge in [-0.05, 0) is 104 Å². The zero-order valence-electron chi connectivity index (χ0n) is 24.2. The Bertz CT molecular complexity index is 1460. The van der Waals surface area contributed by atoms with Crippen LogP contribution in [0.4, 0.5) is 0 Å². The molecular weight excluding hydrogens is 506 g/mol. The van der Waals surface area contributed by atoms with Gasteiger partial charge < -0.3 is 9.47 Å². The van der Waals surface area contributed by atoms with Gasteiger partial charge in [-0.1, -0.05) is 36.4 Å². The van der Waals surface area contributed by atoms with Gasteiger partial charge >= 0.3 is 0 Å². The summed E-state index contributed by atoms with van der Waals surface area (Å²) in [7, 11) is 1.80. The summed E-state index contributed by atoms with van der Waals surface area (Å²) in [6.45, 7) is 4.84. The highest BCUT2D eigenvalue weighted by Crippen LogP contribution is 2.77. The second-order valence-corrected chi connectivity index (χ2v) is 14.0. The van der Waals surface area contributed by atoms with E-state index in [1.807, 2.05) is 24.5 Å². The van der Waals surface area contributed by atoms with Crippen molar-refractivity contribution in [3.63, 3.8) is 0 Å². The Labute approximate surface area is 243 Å². The van der Waals surface area contributed by atoms with Gasteiger partial charge in [0.1, 0.15) is 5.75 Å². The summed E-state index contributed by atoms with van der Waals surface area (Å²) in [5, 5.41) is 0. The van der Waals surface area contributed by atoms with Gasteiger partial charge in [-0.2, -0.15) is 0 Å². The number of rotatable bonds is 7. The lowest BCUT2D eigenvalue weighted by Crippen LogP contribution is -2.69. The van der Waals surface area contributed by atoms with Crippen LogP contribution < -0.4 is 9.47 Å². The van der Waals surface area contributed by atoms with Crippen molar-refractivity contribution in [3.05, 3.63) is 83.7 Å². The zero-order chi connectivity index (χ0) is 27.2. The van der Waals surface area contributed by atoms with Crippen LogP contribution in [0, 0.1) is 23.2 Å². The lowest BCUT2D eigenvalue weighted by atomic mass is 9.43. The molecule has 0 unspecified atom stereocenters. The number of hydrogen-bond donors (Lipinski definition) is 0. The predicted octanol–water partition coefficient (Wildman–Crippen LogP) is 6.46. The summed E-state index contributed by atoms with van der Waals surface area (Å²) in [6.07, 6.45) is 13.0. The largest absolute Gasteiger partial charge is 0.493 e. The molecule has 1 aromatic heterocycles. The van der Waals surface area contributed by atoms with Crippen molar-refractivity contribution >= 4 is 0 Å². The number of fused-ring (bicyclic) bond motifs is 1. The molecule has 5 heteroatoms. The van der Waals surface area contributed by atoms with Crippen LogP contribution in [0.15, 0.2) is 67.0 Å². The Hall–Kier alpha value is -2.89. The normalized spacial score (nSPS) is 35.1. The van der Waals surface area contributed by atoms with E-state index in [9.17, 15) is 0 Å². The highest BCUT2D eigenvalue weighted by molar-refractivity contribution is 5.61. The van der Waals surface area contributed by atoms with Gasteiger partial charge in [0, 0.05) is 48.9 Å². The molecule has 0 radical (unpaired) electrons. The van der Waals surface area contributed by atoms with E-state index in [0.717, 1.165) is 42.0 Å². The minimum Gasteiger partial charge on any atom is -0.493 e. The fourth-order valence-electron chi connectivity index (χ4n) is 10.9. The van der Waals surface area contributed by atoms with E-state index in [2.05, 4.69) is 57.2 Å². The van der Waals surface area contributed by atoms with E-state index in [1.165, 1.54) is 74.8 Å². The van der Waals surface area contributed by atoms with Crippen molar-refractivity contribution in [3.8, 4) is 17.2 Å². The Morgan fingerprint density at radius 1 is 0.976 bits per heavy atom. The second-order valence-electron chi connectivity index (χ2n) is 14.0. The fourth-order valence-corrected chi connectivity index (χ4v) is 10.9. The third-order valence-corrected chi connectivity index (χ3v) is 12.3. The Morgan fingerprint density at radius 3 is 2.68 bits per heavy atom. The standard InChI is InChI=1S/C36H41N3O2/c1-40-30-12-11-26-18-31-35-14-13-29-32(27(19-35)23-39(29)22-24-6-3-2-4-7-24)36(35,15-17-38(31)21-25-9-10-25)33(26)34(30)41-28-8-5-16-37-20-28/h2-8,11-12,16,20,25,27,29,31-32H,9-10,13-15,17-19,21-23H2,1H3/t27-,29-,31-,32-,35-,36-/m1/s1. The highest BCUT2D eigenvalue weighted by atomic mass is 16.5. The Balaban J connectivity index is 1.20. The van der Waals surface area contributed by atoms with E-state index in [4.69, 9.17) is 9.47 Å². The number of aromatic nitrogens is 1. The summed E-state index contributed by atoms with van der Waals surface area (Å²) in [6, 6.07) is 21.0. The zero-order valence-corrected chi connectivity index (χ0v) is 24.2. The van der Waals surface area contributed by atoms with Crippen LogP contribution in [0.3, 0.4) is 0 Å². The average molecular weight is 548 g/mol. The summed E-state index contributed by atoms with van der Waals surface area (Å²) in [5.74, 6) is 4.99. The van der Waals surface area contributed by atoms with Crippen LogP contribution in [0.5, 0.6) is 17.2 Å². The minimum atomic E-state index is 0.135. The third kappa shape index (κ3) is 3.45. The quantitative estimate of drug-likeness (QED) is 0.339. The van der Waals surface area contributed by atoms with E-state index in [1.54, 1.807) is 7.11 Å². The SMILES string of the molecule is COc1ccc2c(c1Oc1cccnc1)[C@]13CCN(CC4CC4)[C@H](C2)[C@]12CC[C@@H]1[C@H]3[C@@H](CN1Cc1ccccc1)C2. The summed E-state index contributed by atoms with van der Waals surface area (Å²) >= 11 is 0. The molecule has 3 saturated carbocycles. The molecule has 0 amide bonds. The number of piperidine rings is 1. The number of pyridine rings is 1. The molecule has 9 rings (SSSR count). The summed E-state index contributed by atoms with van der Waals surface area (Å²) < 4.78 is 12.9. The van der Waals surface area contributed by atoms with Crippen LogP contribution in [0.2, 0.25) is 0 Å². The summed E-state index contributed by atoms with van der Waals surface area (Å²) in [4.78, 5) is 10.2. The molecule has 0 spiro atoms. The van der Waals surface area contributed by atoms with Gasteiger partial charge in [0.25, 0.3) is 0 Å². The molecule has 5 nitrogen and oxygen atoms in total. The monoisotopic (exact) mass is 547 g/mol. The molecule has 212 valence electrons. The van der Waals surface area contributed by atoms with Crippen molar-refractivity contribution in [2.45, 2.75) is 69.0 Å². The van der Waals surface area contributed by atoms with E-state index >= 15 is 0 Å². The number of methoxy groups -OCH3 is 1. The second kappa shape index (κ2) is 9.05. The van der Waals surface area contributed by atoms with Crippen LogP contribution in [0.25, 0.3) is 0 Å². The minimum absolute atomic E-state index is 0.135. The number of likely N-dealkylation sites (tertiary alicyclic amines) is 2. The number of hydrogen-bond acceptors (Lipinski definition) is 5. The summed E-state index contributed by atoms with van der Waals surface area (Å²) in [5.41, 5.74) is 4.92. The van der Waals surface area contributed by atoms with Crippen LogP contribution >= 0.6 is 0 Å². The van der Waals surface area contributed by atoms with Gasteiger partial charge in [0.05, 0.1) is 13.3 Å².